The lowest BCUT2D eigenvalue weighted by Crippen LogP contribution is -2.18. The number of benzene rings is 2. The number of nitrogens with one attached hydrogen (secondary N) is 4. The number of fused-ring (bicyclic) bond motifs is 2. The van der Waals surface area contributed by atoms with E-state index in [0.717, 1.165) is 34.2 Å². The van der Waals surface area contributed by atoms with E-state index in [1.807, 2.05) is 36.4 Å². The molecule has 8 heteroatoms. The predicted molar refractivity (Wildman–Crippen MR) is 122 cm³/mol. The summed E-state index contributed by atoms with van der Waals surface area (Å²) >= 11 is 0. The number of hydrogen-bond acceptors (Lipinski definition) is 8. The molecule has 2 aromatic rings. The quantitative estimate of drug-likeness (QED) is 0.594. The fraction of sp³-hybridized carbons (Fsp3) is 0.455. The van der Waals surface area contributed by atoms with Crippen molar-refractivity contribution < 1.29 is 18.9 Å². The van der Waals surface area contributed by atoms with Crippen LogP contribution in [0, 0.1) is 0 Å². The van der Waals surface area contributed by atoms with Gasteiger partial charge in [0.1, 0.15) is 11.5 Å². The summed E-state index contributed by atoms with van der Waals surface area (Å²) in [6.45, 7) is 5.26. The highest BCUT2D eigenvalue weighted by atomic mass is 16.5. The molecule has 0 unspecified atom stereocenters. The van der Waals surface area contributed by atoms with Gasteiger partial charge in [-0.25, -0.2) is 0 Å². The minimum absolute atomic E-state index is 0.602. The molecule has 1 heterocycles. The van der Waals surface area contributed by atoms with Gasteiger partial charge in [0.05, 0.1) is 63.4 Å². The first kappa shape index (κ1) is 21.9. The highest BCUT2D eigenvalue weighted by Gasteiger charge is 2.06. The van der Waals surface area contributed by atoms with Gasteiger partial charge >= 0.3 is 0 Å². The maximum Gasteiger partial charge on any atom is 0.121 e. The van der Waals surface area contributed by atoms with Crippen LogP contribution in [0.5, 0.6) is 11.5 Å². The van der Waals surface area contributed by atoms with Crippen molar-refractivity contribution in [1.82, 2.24) is 0 Å². The Morgan fingerprint density at radius 2 is 0.933 bits per heavy atom. The topological polar surface area (TPSA) is 85.0 Å². The summed E-state index contributed by atoms with van der Waals surface area (Å²) < 4.78 is 22.2. The lowest BCUT2D eigenvalue weighted by atomic mass is 10.2. The third-order valence-corrected chi connectivity index (χ3v) is 4.70. The normalized spacial score (nSPS) is 16.1. The Balaban J connectivity index is 1.61. The summed E-state index contributed by atoms with van der Waals surface area (Å²) in [6.07, 6.45) is 0. The molecule has 0 radical (unpaired) electrons. The van der Waals surface area contributed by atoms with Crippen LogP contribution in [-0.4, -0.2) is 66.8 Å². The summed E-state index contributed by atoms with van der Waals surface area (Å²) in [5.74, 6) is 1.62. The van der Waals surface area contributed by atoms with Crippen molar-refractivity contribution >= 4 is 22.7 Å². The molecule has 0 aliphatic carbocycles. The Morgan fingerprint density at radius 3 is 1.30 bits per heavy atom. The molecule has 3 rings (SSSR count). The van der Waals surface area contributed by atoms with E-state index in [2.05, 4.69) is 21.3 Å². The molecular formula is C22H32N4O4. The van der Waals surface area contributed by atoms with Gasteiger partial charge in [0.2, 0.25) is 0 Å². The van der Waals surface area contributed by atoms with Crippen LogP contribution in [0.4, 0.5) is 22.7 Å². The maximum absolute atomic E-state index is 5.77. The van der Waals surface area contributed by atoms with E-state index in [0.29, 0.717) is 52.6 Å². The molecule has 164 valence electrons. The zero-order chi connectivity index (χ0) is 21.0. The molecule has 30 heavy (non-hydrogen) atoms. The van der Waals surface area contributed by atoms with Gasteiger partial charge in [0, 0.05) is 38.3 Å². The van der Waals surface area contributed by atoms with Gasteiger partial charge in [0.25, 0.3) is 0 Å². The summed E-state index contributed by atoms with van der Waals surface area (Å²) in [5, 5.41) is 13.7. The third kappa shape index (κ3) is 6.60. The standard InChI is InChI=1S/C22H32N4O4/c1-27-17-3-5-19-21(15-17)25-9-13-30-14-10-26-22-16-18(28-2)4-6-20(22)24-8-12-29-11-7-23-19/h3-6,15-16,23-26H,7-14H2,1-2H3. The maximum atomic E-state index is 5.77. The molecule has 0 bridgehead atoms. The Kier molecular flexibility index (Phi) is 8.74. The molecule has 0 saturated heterocycles. The molecular weight excluding hydrogens is 384 g/mol. The van der Waals surface area contributed by atoms with Crippen LogP contribution in [0.2, 0.25) is 0 Å². The predicted octanol–water partition coefficient (Wildman–Crippen LogP) is 3.10. The molecule has 0 aromatic heterocycles. The number of ether oxygens (including phenoxy) is 4. The van der Waals surface area contributed by atoms with E-state index in [9.17, 15) is 0 Å². The zero-order valence-corrected chi connectivity index (χ0v) is 17.8. The lowest BCUT2D eigenvalue weighted by molar-refractivity contribution is 0.153. The van der Waals surface area contributed by atoms with E-state index in [1.54, 1.807) is 14.2 Å². The summed E-state index contributed by atoms with van der Waals surface area (Å²) in [6, 6.07) is 11.9. The molecule has 0 fully saturated rings. The van der Waals surface area contributed by atoms with Gasteiger partial charge in [-0.1, -0.05) is 0 Å². The van der Waals surface area contributed by atoms with Crippen molar-refractivity contribution in [3.8, 4) is 11.5 Å². The van der Waals surface area contributed by atoms with Crippen molar-refractivity contribution in [3.05, 3.63) is 36.4 Å². The summed E-state index contributed by atoms with van der Waals surface area (Å²) in [5.41, 5.74) is 4.01. The van der Waals surface area contributed by atoms with Crippen LogP contribution >= 0.6 is 0 Å². The largest absolute Gasteiger partial charge is 0.497 e. The van der Waals surface area contributed by atoms with Gasteiger partial charge in [-0.05, 0) is 24.3 Å². The monoisotopic (exact) mass is 416 g/mol. The van der Waals surface area contributed by atoms with Crippen LogP contribution in [0.1, 0.15) is 0 Å². The van der Waals surface area contributed by atoms with E-state index in [1.165, 1.54) is 0 Å². The van der Waals surface area contributed by atoms with Crippen molar-refractivity contribution in [2.24, 2.45) is 0 Å². The number of anilines is 4. The highest BCUT2D eigenvalue weighted by molar-refractivity contribution is 5.71. The van der Waals surface area contributed by atoms with Gasteiger partial charge in [-0.15, -0.1) is 0 Å². The van der Waals surface area contributed by atoms with Crippen molar-refractivity contribution in [3.63, 3.8) is 0 Å². The van der Waals surface area contributed by atoms with E-state index in [-0.39, 0.29) is 0 Å². The van der Waals surface area contributed by atoms with Crippen LogP contribution < -0.4 is 30.7 Å². The average molecular weight is 417 g/mol. The highest BCUT2D eigenvalue weighted by Crippen LogP contribution is 2.28. The second kappa shape index (κ2) is 12.0. The Labute approximate surface area is 178 Å². The Hall–Kier alpha value is -2.84. The Morgan fingerprint density at radius 1 is 0.567 bits per heavy atom. The SMILES string of the molecule is COc1ccc2c(c1)NCCOCCNc1cc(OC)ccc1NCCOCCN2. The zero-order valence-electron chi connectivity index (χ0n) is 17.8. The molecule has 8 nitrogen and oxygen atoms in total. The van der Waals surface area contributed by atoms with Crippen molar-refractivity contribution in [2.45, 2.75) is 0 Å². The first-order chi connectivity index (χ1) is 14.8. The minimum atomic E-state index is 0.602. The molecule has 0 spiro atoms. The van der Waals surface area contributed by atoms with Gasteiger partial charge in [0.15, 0.2) is 0 Å². The molecule has 0 saturated carbocycles. The van der Waals surface area contributed by atoms with Gasteiger partial charge in [-0.2, -0.15) is 0 Å². The van der Waals surface area contributed by atoms with Crippen LogP contribution in [0.3, 0.4) is 0 Å². The summed E-state index contributed by atoms with van der Waals surface area (Å²) in [7, 11) is 3.34. The van der Waals surface area contributed by atoms with E-state index in [4.69, 9.17) is 18.9 Å². The van der Waals surface area contributed by atoms with E-state index < -0.39 is 0 Å². The molecule has 0 atom stereocenters. The smallest absolute Gasteiger partial charge is 0.121 e. The molecule has 4 N–H and O–H groups in total. The number of methoxy groups -OCH3 is 2. The fourth-order valence-corrected chi connectivity index (χ4v) is 3.14. The fourth-order valence-electron chi connectivity index (χ4n) is 3.14. The average Bonchev–Trinajstić information content (AvgIpc) is 2.78. The third-order valence-electron chi connectivity index (χ3n) is 4.70. The van der Waals surface area contributed by atoms with Crippen LogP contribution in [0.25, 0.3) is 0 Å². The molecule has 0 amide bonds. The molecule has 1 aliphatic heterocycles. The molecule has 1 aliphatic rings. The van der Waals surface area contributed by atoms with E-state index >= 15 is 0 Å². The molecule has 2 aromatic carbocycles. The van der Waals surface area contributed by atoms with Crippen LogP contribution in [0.15, 0.2) is 36.4 Å². The van der Waals surface area contributed by atoms with Gasteiger partial charge in [-0.3, -0.25) is 0 Å². The second-order valence-corrected chi connectivity index (χ2v) is 6.75. The first-order valence-electron chi connectivity index (χ1n) is 10.3. The van der Waals surface area contributed by atoms with Crippen molar-refractivity contribution in [2.75, 3.05) is 88.1 Å². The summed E-state index contributed by atoms with van der Waals surface area (Å²) in [4.78, 5) is 0. The number of hydrogen-bond donors (Lipinski definition) is 4. The second-order valence-electron chi connectivity index (χ2n) is 6.75. The first-order valence-corrected chi connectivity index (χ1v) is 10.3. The lowest BCUT2D eigenvalue weighted by Gasteiger charge is -2.17. The Bertz CT molecular complexity index is 724. The van der Waals surface area contributed by atoms with Crippen molar-refractivity contribution in [1.29, 1.82) is 0 Å². The number of rotatable bonds is 2. The van der Waals surface area contributed by atoms with Crippen LogP contribution in [-0.2, 0) is 9.47 Å². The minimum Gasteiger partial charge on any atom is -0.497 e. The van der Waals surface area contributed by atoms with Gasteiger partial charge < -0.3 is 40.2 Å².